The average molecular weight is 421 g/mol. The number of nitrogens with two attached hydrogens (primary N) is 1. The fourth-order valence-electron chi connectivity index (χ4n) is 2.26. The van der Waals surface area contributed by atoms with E-state index in [-0.39, 0.29) is 16.0 Å². The van der Waals surface area contributed by atoms with Crippen LogP contribution in [0.3, 0.4) is 0 Å². The van der Waals surface area contributed by atoms with Crippen molar-refractivity contribution < 1.29 is 13.2 Å². The van der Waals surface area contributed by atoms with Crippen molar-refractivity contribution in [2.75, 3.05) is 5.84 Å². The maximum absolute atomic E-state index is 13.3. The Morgan fingerprint density at radius 2 is 1.96 bits per heavy atom. The first kappa shape index (κ1) is 18.4. The van der Waals surface area contributed by atoms with Gasteiger partial charge in [0.2, 0.25) is 5.16 Å². The summed E-state index contributed by atoms with van der Waals surface area (Å²) in [6, 6.07) is 7.68. The van der Waals surface area contributed by atoms with Gasteiger partial charge in [-0.3, -0.25) is 4.98 Å². The summed E-state index contributed by atoms with van der Waals surface area (Å²) in [5.41, 5.74) is -0.700. The number of pyridine rings is 1. The van der Waals surface area contributed by atoms with Gasteiger partial charge >= 0.3 is 6.18 Å². The highest BCUT2D eigenvalue weighted by molar-refractivity contribution is 7.99. The zero-order valence-electron chi connectivity index (χ0n) is 13.8. The Hall–Kier alpha value is -2.99. The molecule has 0 unspecified atom stereocenters. The molecule has 0 aliphatic rings. The lowest BCUT2D eigenvalue weighted by Crippen LogP contribution is -2.12. The molecule has 0 saturated heterocycles. The number of rotatable bonds is 4. The van der Waals surface area contributed by atoms with Crippen LogP contribution >= 0.6 is 23.1 Å². The summed E-state index contributed by atoms with van der Waals surface area (Å²) in [6.45, 7) is 0. The normalized spacial score (nSPS) is 11.7. The van der Waals surface area contributed by atoms with Crippen molar-refractivity contribution in [2.24, 2.45) is 0 Å². The first-order valence-corrected chi connectivity index (χ1v) is 9.40. The van der Waals surface area contributed by atoms with Gasteiger partial charge < -0.3 is 5.84 Å². The average Bonchev–Trinajstić information content (AvgIpc) is 3.32. The molecule has 0 aliphatic heterocycles. The van der Waals surface area contributed by atoms with E-state index in [2.05, 4.69) is 25.1 Å². The Morgan fingerprint density at radius 1 is 1.11 bits per heavy atom. The van der Waals surface area contributed by atoms with Crippen LogP contribution in [0.4, 0.5) is 13.2 Å². The van der Waals surface area contributed by atoms with E-state index in [1.165, 1.54) is 28.4 Å². The van der Waals surface area contributed by atoms with Crippen molar-refractivity contribution in [1.82, 2.24) is 29.8 Å². The van der Waals surface area contributed by atoms with Gasteiger partial charge in [0, 0.05) is 24.0 Å². The zero-order chi connectivity index (χ0) is 19.7. The summed E-state index contributed by atoms with van der Waals surface area (Å²) < 4.78 is 41.1. The maximum Gasteiger partial charge on any atom is 0.433 e. The molecule has 0 aromatic carbocycles. The number of thiophene rings is 1. The van der Waals surface area contributed by atoms with E-state index in [9.17, 15) is 13.2 Å². The number of nitrogens with zero attached hydrogens (tertiary/aromatic N) is 6. The van der Waals surface area contributed by atoms with Crippen LogP contribution < -0.4 is 5.84 Å². The van der Waals surface area contributed by atoms with Crippen LogP contribution in [0, 0.1) is 0 Å². The van der Waals surface area contributed by atoms with E-state index in [1.807, 2.05) is 17.5 Å². The van der Waals surface area contributed by atoms with Gasteiger partial charge in [-0.15, -0.1) is 21.5 Å². The van der Waals surface area contributed by atoms with Crippen molar-refractivity contribution in [2.45, 2.75) is 16.4 Å². The highest BCUT2D eigenvalue weighted by Gasteiger charge is 2.34. The predicted octanol–water partition coefficient (Wildman–Crippen LogP) is 3.74. The molecule has 0 atom stereocenters. The first-order valence-electron chi connectivity index (χ1n) is 7.71. The summed E-state index contributed by atoms with van der Waals surface area (Å²) in [7, 11) is 0. The minimum absolute atomic E-state index is 0.0398. The van der Waals surface area contributed by atoms with E-state index < -0.39 is 11.9 Å². The molecular formula is C16H10F3N7S2. The van der Waals surface area contributed by atoms with Crippen molar-refractivity contribution in [1.29, 1.82) is 0 Å². The molecule has 0 spiro atoms. The van der Waals surface area contributed by atoms with Gasteiger partial charge in [0.1, 0.15) is 10.7 Å². The van der Waals surface area contributed by atoms with E-state index in [1.54, 1.807) is 12.1 Å². The highest BCUT2D eigenvalue weighted by Crippen LogP contribution is 2.34. The number of alkyl halides is 3. The zero-order valence-corrected chi connectivity index (χ0v) is 15.5. The Kier molecular flexibility index (Phi) is 4.73. The molecule has 4 heterocycles. The molecule has 0 bridgehead atoms. The standard InChI is InChI=1S/C16H10F3N7S2/c17-16(18,19)11-7-12(23-13(22-11)9-3-1-5-21-8-9)28-15-25-24-14(26(15)20)10-4-2-6-27-10/h1-8H,20H2. The summed E-state index contributed by atoms with van der Waals surface area (Å²) >= 11 is 2.29. The van der Waals surface area contributed by atoms with Crippen LogP contribution in [0.1, 0.15) is 5.69 Å². The predicted molar refractivity (Wildman–Crippen MR) is 97.9 cm³/mol. The second-order valence-electron chi connectivity index (χ2n) is 5.41. The lowest BCUT2D eigenvalue weighted by Gasteiger charge is -2.10. The van der Waals surface area contributed by atoms with Gasteiger partial charge in [0.25, 0.3) is 0 Å². The van der Waals surface area contributed by atoms with Crippen molar-refractivity contribution in [3.63, 3.8) is 0 Å². The second-order valence-corrected chi connectivity index (χ2v) is 7.35. The molecule has 12 heteroatoms. The van der Waals surface area contributed by atoms with Crippen LogP contribution in [0.2, 0.25) is 0 Å². The second kappa shape index (κ2) is 7.20. The minimum atomic E-state index is -4.63. The molecule has 0 amide bonds. The van der Waals surface area contributed by atoms with Gasteiger partial charge in [0.15, 0.2) is 11.6 Å². The molecule has 2 N–H and O–H groups in total. The van der Waals surface area contributed by atoms with Gasteiger partial charge in [-0.25, -0.2) is 14.6 Å². The van der Waals surface area contributed by atoms with Crippen LogP contribution in [0.15, 0.2) is 58.3 Å². The van der Waals surface area contributed by atoms with Gasteiger partial charge in [-0.05, 0) is 35.3 Å². The van der Waals surface area contributed by atoms with E-state index in [4.69, 9.17) is 5.84 Å². The Bertz CT molecular complexity index is 1100. The third-order valence-electron chi connectivity index (χ3n) is 3.51. The summed E-state index contributed by atoms with van der Waals surface area (Å²) in [5, 5.41) is 10.1. The van der Waals surface area contributed by atoms with Crippen LogP contribution in [0.5, 0.6) is 0 Å². The van der Waals surface area contributed by atoms with E-state index >= 15 is 0 Å². The third kappa shape index (κ3) is 3.68. The lowest BCUT2D eigenvalue weighted by molar-refractivity contribution is -0.141. The number of nitrogen functional groups attached to an aromatic ring is 1. The molecule has 0 aliphatic carbocycles. The Balaban J connectivity index is 1.74. The molecule has 4 aromatic rings. The Morgan fingerprint density at radius 3 is 2.64 bits per heavy atom. The van der Waals surface area contributed by atoms with Crippen molar-refractivity contribution >= 4 is 23.1 Å². The molecule has 28 heavy (non-hydrogen) atoms. The van der Waals surface area contributed by atoms with Crippen LogP contribution in [0.25, 0.3) is 22.1 Å². The van der Waals surface area contributed by atoms with E-state index in [0.29, 0.717) is 11.4 Å². The molecular weight excluding hydrogens is 411 g/mol. The van der Waals surface area contributed by atoms with Crippen LogP contribution in [-0.2, 0) is 6.18 Å². The number of halogens is 3. The minimum Gasteiger partial charge on any atom is -0.335 e. The summed E-state index contributed by atoms with van der Waals surface area (Å²) in [4.78, 5) is 12.5. The van der Waals surface area contributed by atoms with Gasteiger partial charge in [-0.2, -0.15) is 13.2 Å². The smallest absolute Gasteiger partial charge is 0.335 e. The van der Waals surface area contributed by atoms with Gasteiger partial charge in [0.05, 0.1) is 4.88 Å². The molecule has 7 nitrogen and oxygen atoms in total. The largest absolute Gasteiger partial charge is 0.433 e. The van der Waals surface area contributed by atoms with Crippen LogP contribution in [-0.4, -0.2) is 29.8 Å². The fourth-order valence-corrected chi connectivity index (χ4v) is 3.72. The summed E-state index contributed by atoms with van der Waals surface area (Å²) in [5.74, 6) is 6.34. The molecule has 0 radical (unpaired) electrons. The van der Waals surface area contributed by atoms with Crippen molar-refractivity contribution in [3.05, 3.63) is 53.8 Å². The molecule has 0 fully saturated rings. The monoisotopic (exact) mass is 421 g/mol. The molecule has 0 saturated carbocycles. The van der Waals surface area contributed by atoms with Crippen molar-refractivity contribution in [3.8, 4) is 22.1 Å². The molecule has 4 aromatic heterocycles. The first-order chi connectivity index (χ1) is 13.4. The topological polar surface area (TPSA) is 95.4 Å². The maximum atomic E-state index is 13.3. The Labute approximate surface area is 164 Å². The van der Waals surface area contributed by atoms with E-state index in [0.717, 1.165) is 22.7 Å². The number of hydrogen-bond acceptors (Lipinski definition) is 8. The highest BCUT2D eigenvalue weighted by atomic mass is 32.2. The SMILES string of the molecule is Nn1c(Sc2cc(C(F)(F)F)nc(-c3cccnc3)n2)nnc1-c1cccs1. The lowest BCUT2D eigenvalue weighted by atomic mass is 10.2. The summed E-state index contributed by atoms with van der Waals surface area (Å²) in [6.07, 6.45) is -1.73. The quantitative estimate of drug-likeness (QED) is 0.396. The number of hydrogen-bond donors (Lipinski definition) is 1. The third-order valence-corrected chi connectivity index (χ3v) is 5.26. The molecule has 4 rings (SSSR count). The van der Waals surface area contributed by atoms with Gasteiger partial charge in [-0.1, -0.05) is 6.07 Å². The fraction of sp³-hybridized carbons (Fsp3) is 0.0625. The molecule has 142 valence electrons. The number of aromatic nitrogens is 6.